The third kappa shape index (κ3) is 6.39. The minimum Gasteiger partial charge on any atom is -0.381 e. The molecule has 2 aliphatic heterocycles. The Hall–Kier alpha value is -4.02. The van der Waals surface area contributed by atoms with Gasteiger partial charge in [0.05, 0.1) is 11.1 Å². The van der Waals surface area contributed by atoms with Crippen LogP contribution < -0.4 is 15.5 Å². The fourth-order valence-electron chi connectivity index (χ4n) is 7.40. The lowest BCUT2D eigenvalue weighted by atomic mass is 10.0. The van der Waals surface area contributed by atoms with Crippen LogP contribution in [0.4, 0.5) is 26.0 Å². The summed E-state index contributed by atoms with van der Waals surface area (Å²) in [5.41, 5.74) is 4.65. The summed E-state index contributed by atoms with van der Waals surface area (Å²) in [7, 11) is 4.36. The van der Waals surface area contributed by atoms with Crippen LogP contribution in [0.5, 0.6) is 0 Å². The summed E-state index contributed by atoms with van der Waals surface area (Å²) in [5.74, 6) is 0.337. The molecule has 0 spiro atoms. The van der Waals surface area contributed by atoms with E-state index in [0.29, 0.717) is 54.5 Å². The van der Waals surface area contributed by atoms with Gasteiger partial charge in [0.25, 0.3) is 5.91 Å². The summed E-state index contributed by atoms with van der Waals surface area (Å²) in [5, 5.41) is 14.8. The van der Waals surface area contributed by atoms with Gasteiger partial charge in [-0.3, -0.25) is 9.89 Å². The van der Waals surface area contributed by atoms with Gasteiger partial charge in [-0.15, -0.1) is 0 Å². The van der Waals surface area contributed by atoms with Crippen LogP contribution in [0.2, 0.25) is 0 Å². The number of carbonyl (C=O) groups excluding carboxylic acids is 1. The molecule has 3 fully saturated rings. The molecule has 0 radical (unpaired) electrons. The predicted octanol–water partition coefficient (Wildman–Crippen LogP) is 6.05. The molecule has 1 aliphatic carbocycles. The number of anilines is 3. The number of amides is 1. The van der Waals surface area contributed by atoms with Gasteiger partial charge in [-0.1, -0.05) is 6.07 Å². The van der Waals surface area contributed by atoms with Gasteiger partial charge in [0.2, 0.25) is 0 Å². The maximum atomic E-state index is 13.8. The second kappa shape index (κ2) is 12.4. The Morgan fingerprint density at radius 3 is 2.42 bits per heavy atom. The molecule has 3 aromatic carbocycles. The van der Waals surface area contributed by atoms with Crippen LogP contribution >= 0.6 is 0 Å². The van der Waals surface area contributed by atoms with Crippen molar-refractivity contribution < 1.29 is 18.3 Å². The molecule has 3 aliphatic rings. The number of nitrogens with zero attached hydrogens (tertiary/aromatic N) is 3. The summed E-state index contributed by atoms with van der Waals surface area (Å²) < 4.78 is 33.1. The summed E-state index contributed by atoms with van der Waals surface area (Å²) in [4.78, 5) is 18.7. The summed E-state index contributed by atoms with van der Waals surface area (Å²) >= 11 is 0. The highest BCUT2D eigenvalue weighted by Crippen LogP contribution is 2.42. The van der Waals surface area contributed by atoms with E-state index in [1.807, 2.05) is 24.3 Å². The van der Waals surface area contributed by atoms with Crippen LogP contribution in [0.1, 0.15) is 47.2 Å². The van der Waals surface area contributed by atoms with E-state index in [1.54, 1.807) is 0 Å². The van der Waals surface area contributed by atoms with Crippen molar-refractivity contribution in [2.75, 3.05) is 55.9 Å². The molecule has 2 saturated heterocycles. The van der Waals surface area contributed by atoms with Crippen molar-refractivity contribution in [3.8, 4) is 0 Å². The van der Waals surface area contributed by atoms with E-state index in [4.69, 9.17) is 4.74 Å². The normalized spacial score (nSPS) is 21.9. The minimum absolute atomic E-state index is 0.223. The smallest absolute Gasteiger partial charge is 0.258 e. The zero-order valence-electron chi connectivity index (χ0n) is 25.8. The van der Waals surface area contributed by atoms with Crippen molar-refractivity contribution in [1.29, 1.82) is 0 Å². The monoisotopic (exact) mass is 614 g/mol. The topological polar surface area (TPSA) is 85.5 Å². The van der Waals surface area contributed by atoms with Crippen LogP contribution in [0.25, 0.3) is 10.9 Å². The molecule has 0 bridgehead atoms. The fraction of sp³-hybridized carbons (Fsp3) is 0.429. The number of ether oxygens (including phenoxy) is 1. The van der Waals surface area contributed by atoms with E-state index in [2.05, 4.69) is 56.9 Å². The van der Waals surface area contributed by atoms with E-state index in [-0.39, 0.29) is 11.9 Å². The number of aromatic nitrogens is 2. The molecule has 4 aromatic rings. The summed E-state index contributed by atoms with van der Waals surface area (Å²) in [6.07, 6.45) is 4.58. The van der Waals surface area contributed by atoms with Crippen molar-refractivity contribution in [3.63, 3.8) is 0 Å². The SMILES string of the molecule is CN(C)C1CC2CN(c3ccc(C(=O)Nc4n[nH]c5ccc(Cc6cc(F)cc(F)c6)cc45)c(NC4CCOCC4)c3)CC2C1. The third-order valence-electron chi connectivity index (χ3n) is 9.84. The van der Waals surface area contributed by atoms with Gasteiger partial charge in [0, 0.05) is 61.2 Å². The molecule has 1 saturated carbocycles. The number of carbonyl (C=O) groups is 1. The molecule has 7 rings (SSSR count). The van der Waals surface area contributed by atoms with E-state index in [0.717, 1.165) is 59.8 Å². The zero-order valence-corrected chi connectivity index (χ0v) is 25.8. The van der Waals surface area contributed by atoms with Crippen LogP contribution in [-0.4, -0.2) is 73.5 Å². The van der Waals surface area contributed by atoms with Gasteiger partial charge >= 0.3 is 0 Å². The van der Waals surface area contributed by atoms with Crippen molar-refractivity contribution in [2.24, 2.45) is 11.8 Å². The fourth-order valence-corrected chi connectivity index (χ4v) is 7.40. The Labute approximate surface area is 262 Å². The minimum atomic E-state index is -0.607. The molecule has 236 valence electrons. The molecule has 2 atom stereocenters. The molecular weight excluding hydrogens is 574 g/mol. The number of H-pyrrole nitrogens is 1. The number of benzene rings is 3. The highest BCUT2D eigenvalue weighted by atomic mass is 19.1. The van der Waals surface area contributed by atoms with Gasteiger partial charge in [0.15, 0.2) is 5.82 Å². The molecule has 2 unspecified atom stereocenters. The Kier molecular flexibility index (Phi) is 8.18. The standard InChI is InChI=1S/C35H40F2N6O2/c1-42(2)29-15-23-19-43(20-24(23)16-29)28-4-5-30(33(18-28)38-27-7-9-45-10-8-27)35(44)39-34-31-14-21(3-6-32(31)40-41-34)11-22-12-25(36)17-26(37)13-22/h3-6,12-14,17-18,23-24,27,29,38H,7-11,15-16,19-20H2,1-2H3,(H2,39,40,41,44). The van der Waals surface area contributed by atoms with Gasteiger partial charge < -0.3 is 25.2 Å². The van der Waals surface area contributed by atoms with E-state index < -0.39 is 11.6 Å². The molecule has 3 heterocycles. The molecule has 3 N–H and O–H groups in total. The first-order valence-electron chi connectivity index (χ1n) is 15.9. The third-order valence-corrected chi connectivity index (χ3v) is 9.84. The van der Waals surface area contributed by atoms with E-state index in [9.17, 15) is 13.6 Å². The second-order valence-electron chi connectivity index (χ2n) is 13.1. The highest BCUT2D eigenvalue weighted by molar-refractivity contribution is 6.11. The molecule has 45 heavy (non-hydrogen) atoms. The lowest BCUT2D eigenvalue weighted by molar-refractivity contribution is 0.0904. The molecule has 1 aromatic heterocycles. The van der Waals surface area contributed by atoms with Gasteiger partial charge in [-0.2, -0.15) is 5.10 Å². The van der Waals surface area contributed by atoms with Gasteiger partial charge in [0.1, 0.15) is 11.6 Å². The Morgan fingerprint density at radius 2 is 1.71 bits per heavy atom. The van der Waals surface area contributed by atoms with Crippen LogP contribution in [-0.2, 0) is 11.2 Å². The van der Waals surface area contributed by atoms with Gasteiger partial charge in [-0.05, 0) is 112 Å². The molecular formula is C35H40F2N6O2. The molecule has 10 heteroatoms. The van der Waals surface area contributed by atoms with Crippen LogP contribution in [0, 0.1) is 23.5 Å². The van der Waals surface area contributed by atoms with Crippen molar-refractivity contribution in [2.45, 2.75) is 44.2 Å². The maximum Gasteiger partial charge on any atom is 0.258 e. The Balaban J connectivity index is 1.12. The number of rotatable bonds is 8. The number of fused-ring (bicyclic) bond motifs is 2. The molecule has 1 amide bonds. The van der Waals surface area contributed by atoms with Crippen molar-refractivity contribution in [3.05, 3.63) is 82.9 Å². The Bertz CT molecular complexity index is 1670. The number of halogens is 2. The van der Waals surface area contributed by atoms with Gasteiger partial charge in [-0.25, -0.2) is 8.78 Å². The average Bonchev–Trinajstić information content (AvgIpc) is 3.71. The van der Waals surface area contributed by atoms with E-state index >= 15 is 0 Å². The van der Waals surface area contributed by atoms with Crippen LogP contribution in [0.3, 0.4) is 0 Å². The molecule has 8 nitrogen and oxygen atoms in total. The largest absolute Gasteiger partial charge is 0.381 e. The average molecular weight is 615 g/mol. The predicted molar refractivity (Wildman–Crippen MR) is 173 cm³/mol. The van der Waals surface area contributed by atoms with Crippen molar-refractivity contribution in [1.82, 2.24) is 15.1 Å². The van der Waals surface area contributed by atoms with Crippen LogP contribution in [0.15, 0.2) is 54.6 Å². The first kappa shape index (κ1) is 29.7. The first-order valence-corrected chi connectivity index (χ1v) is 15.9. The Morgan fingerprint density at radius 1 is 0.978 bits per heavy atom. The lowest BCUT2D eigenvalue weighted by Gasteiger charge is -2.27. The first-order chi connectivity index (χ1) is 21.8. The summed E-state index contributed by atoms with van der Waals surface area (Å²) in [6.45, 7) is 3.48. The highest BCUT2D eigenvalue weighted by Gasteiger charge is 2.41. The zero-order chi connectivity index (χ0) is 31.1. The second-order valence-corrected chi connectivity index (χ2v) is 13.1. The number of hydrogen-bond donors (Lipinski definition) is 3. The van der Waals surface area contributed by atoms with E-state index in [1.165, 1.54) is 25.0 Å². The number of aromatic amines is 1. The number of hydrogen-bond acceptors (Lipinski definition) is 6. The summed E-state index contributed by atoms with van der Waals surface area (Å²) in [6, 6.07) is 16.2. The maximum absolute atomic E-state index is 13.8. The van der Waals surface area contributed by atoms with Crippen molar-refractivity contribution >= 4 is 34.0 Å². The lowest BCUT2D eigenvalue weighted by Crippen LogP contribution is -2.30. The number of nitrogens with one attached hydrogen (secondary N) is 3. The quantitative estimate of drug-likeness (QED) is 0.224.